The average molecular weight is 1040 g/mol. The van der Waals surface area contributed by atoms with E-state index in [2.05, 4.69) is 10.6 Å². The number of likely N-dealkylation sites (tertiary alicyclic amines) is 1. The predicted molar refractivity (Wildman–Crippen MR) is 291 cm³/mol. The van der Waals surface area contributed by atoms with Crippen molar-refractivity contribution in [2.24, 2.45) is 5.41 Å². The highest BCUT2D eigenvalue weighted by atomic mass is 16.6. The van der Waals surface area contributed by atoms with Crippen molar-refractivity contribution in [1.82, 2.24) is 15.5 Å². The minimum atomic E-state index is -1.27. The third kappa shape index (κ3) is 15.1. The molecule has 0 aliphatic carbocycles. The van der Waals surface area contributed by atoms with Gasteiger partial charge in [-0.25, -0.2) is 9.59 Å². The van der Waals surface area contributed by atoms with Crippen molar-refractivity contribution in [3.63, 3.8) is 0 Å². The summed E-state index contributed by atoms with van der Waals surface area (Å²) in [5, 5.41) is 5.79. The van der Waals surface area contributed by atoms with Crippen LogP contribution in [0.5, 0.6) is 17.2 Å². The molecule has 0 radical (unpaired) electrons. The molecule has 1 aliphatic heterocycles. The molecule has 0 bridgehead atoms. The molecule has 76 heavy (non-hydrogen) atoms. The maximum absolute atomic E-state index is 14.1. The lowest BCUT2D eigenvalue weighted by Gasteiger charge is -2.36. The van der Waals surface area contributed by atoms with Gasteiger partial charge in [0.1, 0.15) is 23.9 Å². The number of ether oxygens (including phenoxy) is 5. The number of benzene rings is 5. The van der Waals surface area contributed by atoms with Crippen molar-refractivity contribution in [3.8, 4) is 17.2 Å². The van der Waals surface area contributed by atoms with Crippen molar-refractivity contribution in [3.05, 3.63) is 161 Å². The lowest BCUT2D eigenvalue weighted by atomic mass is 9.79. The Labute approximate surface area is 448 Å². The van der Waals surface area contributed by atoms with Crippen LogP contribution >= 0.6 is 0 Å². The van der Waals surface area contributed by atoms with Gasteiger partial charge in [-0.15, -0.1) is 0 Å². The first-order chi connectivity index (χ1) is 36.6. The summed E-state index contributed by atoms with van der Waals surface area (Å²) in [5.41, 5.74) is 2.82. The van der Waals surface area contributed by atoms with Crippen LogP contribution in [0.2, 0.25) is 0 Å². The van der Waals surface area contributed by atoms with Crippen LogP contribution in [0.4, 0.5) is 0 Å². The molecule has 2 N–H and O–H groups in total. The molecule has 3 atom stereocenters. The molecule has 1 aliphatic rings. The number of esters is 2. The number of aryl methyl sites for hydroxylation is 2. The van der Waals surface area contributed by atoms with E-state index in [9.17, 15) is 28.8 Å². The highest BCUT2D eigenvalue weighted by molar-refractivity contribution is 6.38. The number of nitrogens with one attached hydrogen (secondary N) is 2. The maximum Gasteiger partial charge on any atom is 0.330 e. The largest absolute Gasteiger partial charge is 0.493 e. The first-order valence-corrected chi connectivity index (χ1v) is 26.6. The summed E-state index contributed by atoms with van der Waals surface area (Å²) in [7, 11) is 3.13. The highest BCUT2D eigenvalue weighted by Crippen LogP contribution is 2.41. The van der Waals surface area contributed by atoms with E-state index in [1.54, 1.807) is 46.3 Å². The number of piperidine rings is 1. The number of methoxy groups -OCH3 is 2. The van der Waals surface area contributed by atoms with Gasteiger partial charge in [0.2, 0.25) is 11.7 Å². The average Bonchev–Trinajstić information content (AvgIpc) is 3.45. The van der Waals surface area contributed by atoms with Gasteiger partial charge in [-0.1, -0.05) is 143 Å². The number of hydrogen-bond acceptors (Lipinski definition) is 11. The monoisotopic (exact) mass is 1040 g/mol. The van der Waals surface area contributed by atoms with E-state index in [1.807, 2.05) is 130 Å². The van der Waals surface area contributed by atoms with Crippen molar-refractivity contribution in [2.45, 2.75) is 129 Å². The summed E-state index contributed by atoms with van der Waals surface area (Å²) < 4.78 is 29.7. The number of ketones is 1. The Hall–Kier alpha value is -7.48. The van der Waals surface area contributed by atoms with E-state index in [4.69, 9.17) is 23.7 Å². The maximum atomic E-state index is 14.1. The standard InChI is InChI=1S/C62H75N3O11/c1-8-50(59(70)76-62(46-23-13-10-14-24-46,47-25-15-11-16-26-47)48-34-30-43(3)31-35-48)64-55(66)29-17-12-19-38-63-56(67)42-74-49-27-21-22-45(41-49)52(36-32-44-33-37-53(72-6)54(40-44)73-7)75-60(71)51-28-18-20-39-65(51)58(69)57(68)61(4,5)9-2/h10-11,13-16,21-27,30-31,33-35,37,40-41,50-52H,8-9,12,17-20,28-29,32,36,38-39,42H2,1-7H3,(H,63,67)(H,64,66)/t50?,51-,52+/m0/s1. The molecule has 14 nitrogen and oxygen atoms in total. The summed E-state index contributed by atoms with van der Waals surface area (Å²) in [6.45, 7) is 9.55. The van der Waals surface area contributed by atoms with Crippen molar-refractivity contribution < 1.29 is 52.5 Å². The van der Waals surface area contributed by atoms with E-state index in [1.165, 1.54) is 4.90 Å². The minimum absolute atomic E-state index is 0.191. The molecule has 0 spiro atoms. The van der Waals surface area contributed by atoms with Crippen LogP contribution in [-0.2, 0) is 50.3 Å². The fourth-order valence-electron chi connectivity index (χ4n) is 9.29. The second-order valence-corrected chi connectivity index (χ2v) is 20.0. The van der Waals surface area contributed by atoms with Gasteiger partial charge in [0.25, 0.3) is 11.8 Å². The van der Waals surface area contributed by atoms with Crippen molar-refractivity contribution in [2.75, 3.05) is 33.9 Å². The Kier molecular flexibility index (Phi) is 21.2. The van der Waals surface area contributed by atoms with Crippen LogP contribution in [0.1, 0.15) is 131 Å². The summed E-state index contributed by atoms with van der Waals surface area (Å²) >= 11 is 0. The van der Waals surface area contributed by atoms with Crippen LogP contribution in [0.3, 0.4) is 0 Å². The smallest absolute Gasteiger partial charge is 0.330 e. The quantitative estimate of drug-likeness (QED) is 0.0222. The van der Waals surface area contributed by atoms with Crippen molar-refractivity contribution >= 4 is 35.4 Å². The van der Waals surface area contributed by atoms with E-state index < -0.39 is 52.8 Å². The van der Waals surface area contributed by atoms with Gasteiger partial charge in [-0.2, -0.15) is 0 Å². The summed E-state index contributed by atoms with van der Waals surface area (Å²) in [6.07, 6.45) is 4.64. The van der Waals surface area contributed by atoms with E-state index in [0.717, 1.165) is 27.8 Å². The number of unbranched alkanes of at least 4 members (excludes halogenated alkanes) is 2. The fraction of sp³-hybridized carbons (Fsp3) is 0.419. The highest BCUT2D eigenvalue weighted by Gasteiger charge is 2.43. The molecule has 3 amide bonds. The molecule has 5 aromatic carbocycles. The number of Topliss-reactive ketones (excluding diaryl/α,β-unsaturated/α-hetero) is 1. The molecule has 14 heteroatoms. The minimum Gasteiger partial charge on any atom is -0.493 e. The normalized spacial score (nSPS) is 14.4. The number of amides is 3. The first-order valence-electron chi connectivity index (χ1n) is 26.6. The number of nitrogens with zero attached hydrogens (tertiary/aromatic N) is 1. The lowest BCUT2D eigenvalue weighted by Crippen LogP contribution is -2.53. The van der Waals surface area contributed by atoms with Crippen LogP contribution in [0, 0.1) is 12.3 Å². The van der Waals surface area contributed by atoms with Gasteiger partial charge in [-0.05, 0) is 100 Å². The molecule has 1 heterocycles. The van der Waals surface area contributed by atoms with Gasteiger partial charge in [0.05, 0.1) is 14.2 Å². The molecule has 6 rings (SSSR count). The van der Waals surface area contributed by atoms with Gasteiger partial charge < -0.3 is 39.2 Å². The predicted octanol–water partition coefficient (Wildman–Crippen LogP) is 10.1. The number of carbonyl (C=O) groups excluding carboxylic acids is 6. The Morgan fingerprint density at radius 3 is 2.04 bits per heavy atom. The summed E-state index contributed by atoms with van der Waals surface area (Å²) in [5.74, 6) is -1.40. The lowest BCUT2D eigenvalue weighted by molar-refractivity contribution is -0.164. The Morgan fingerprint density at radius 2 is 1.39 bits per heavy atom. The number of rotatable bonds is 27. The zero-order valence-electron chi connectivity index (χ0n) is 45.2. The van der Waals surface area contributed by atoms with Crippen LogP contribution in [0.25, 0.3) is 0 Å². The van der Waals surface area contributed by atoms with E-state index >= 15 is 0 Å². The molecule has 5 aromatic rings. The Balaban J connectivity index is 1.01. The molecule has 0 saturated carbocycles. The second kappa shape index (κ2) is 27.9. The third-order valence-electron chi connectivity index (χ3n) is 14.2. The SMILES string of the molecule is CCC(NC(=O)CCCCCNC(=O)COc1cccc([C@@H](CCc2ccc(OC)c(OC)c2)OC(=O)[C@@H]2CCCCN2C(=O)C(=O)C(C)(C)CC)c1)C(=O)OC(c1ccccc1)(c1ccccc1)c1ccc(C)cc1. The second-order valence-electron chi connectivity index (χ2n) is 20.0. The zero-order valence-corrected chi connectivity index (χ0v) is 45.2. The molecular formula is C62H75N3O11. The summed E-state index contributed by atoms with van der Waals surface area (Å²) in [4.78, 5) is 82.7. The molecule has 1 unspecified atom stereocenters. The molecule has 404 valence electrons. The third-order valence-corrected chi connectivity index (χ3v) is 14.2. The first kappa shape index (κ1) is 57.8. The van der Waals surface area contributed by atoms with Gasteiger partial charge >= 0.3 is 11.9 Å². The van der Waals surface area contributed by atoms with Gasteiger partial charge in [0, 0.05) is 41.6 Å². The Bertz CT molecular complexity index is 2690. The van der Waals surface area contributed by atoms with Gasteiger partial charge in [-0.3, -0.25) is 19.2 Å². The van der Waals surface area contributed by atoms with E-state index in [-0.39, 0.29) is 31.4 Å². The number of hydrogen-bond donors (Lipinski definition) is 2. The topological polar surface area (TPSA) is 176 Å². The fourth-order valence-corrected chi connectivity index (χ4v) is 9.29. The summed E-state index contributed by atoms with van der Waals surface area (Å²) in [6, 6.07) is 38.0. The van der Waals surface area contributed by atoms with Crippen LogP contribution in [0.15, 0.2) is 127 Å². The number of carbonyl (C=O) groups is 6. The van der Waals surface area contributed by atoms with Crippen molar-refractivity contribution in [1.29, 1.82) is 0 Å². The van der Waals surface area contributed by atoms with E-state index in [0.29, 0.717) is 93.6 Å². The Morgan fingerprint density at radius 1 is 0.724 bits per heavy atom. The van der Waals surface area contributed by atoms with Crippen LogP contribution < -0.4 is 24.8 Å². The molecule has 1 fully saturated rings. The molecule has 1 saturated heterocycles. The molecule has 0 aromatic heterocycles. The zero-order chi connectivity index (χ0) is 54.7. The molecular weight excluding hydrogens is 963 g/mol. The van der Waals surface area contributed by atoms with Gasteiger partial charge in [0.15, 0.2) is 23.7 Å². The van der Waals surface area contributed by atoms with Crippen LogP contribution in [-0.4, -0.2) is 86.3 Å².